The van der Waals surface area contributed by atoms with E-state index in [1.165, 1.54) is 32.4 Å². The van der Waals surface area contributed by atoms with Crippen molar-refractivity contribution in [2.24, 2.45) is 0 Å². The molecule has 0 amide bonds. The first-order valence-electron chi connectivity index (χ1n) is 6.40. The van der Waals surface area contributed by atoms with Gasteiger partial charge in [-0.25, -0.2) is 0 Å². The van der Waals surface area contributed by atoms with E-state index in [1.54, 1.807) is 11.8 Å². The van der Waals surface area contributed by atoms with Gasteiger partial charge in [0.15, 0.2) is 0 Å². The first-order chi connectivity index (χ1) is 7.76. The van der Waals surface area contributed by atoms with Gasteiger partial charge in [0, 0.05) is 29.9 Å². The van der Waals surface area contributed by atoms with Crippen LogP contribution >= 0.6 is 11.8 Å². The lowest BCUT2D eigenvalue weighted by Crippen LogP contribution is -2.48. The molecule has 2 aliphatic heterocycles. The smallest absolute Gasteiger partial charge is 0.0564 e. The summed E-state index contributed by atoms with van der Waals surface area (Å²) in [5.41, 5.74) is 0. The molecule has 0 spiro atoms. The number of nitrogens with one attached hydrogen (secondary N) is 1. The maximum Gasteiger partial charge on any atom is 0.0564 e. The Morgan fingerprint density at radius 3 is 2.94 bits per heavy atom. The Morgan fingerprint density at radius 1 is 1.44 bits per heavy atom. The minimum Gasteiger partial charge on any atom is -0.395 e. The van der Waals surface area contributed by atoms with Crippen molar-refractivity contribution >= 4 is 11.8 Å². The number of fused-ring (bicyclic) bond motifs is 1. The summed E-state index contributed by atoms with van der Waals surface area (Å²) in [6, 6.07) is 1.83. The highest BCUT2D eigenvalue weighted by Gasteiger charge is 2.37. The minimum atomic E-state index is 0.274. The summed E-state index contributed by atoms with van der Waals surface area (Å²) in [6.07, 6.45) is 6.08. The molecule has 0 saturated carbocycles. The normalized spacial score (nSPS) is 33.9. The predicted octanol–water partition coefficient (Wildman–Crippen LogP) is 0.925. The molecular weight excluding hydrogens is 220 g/mol. The number of rotatable bonds is 5. The molecule has 4 atom stereocenters. The Hall–Kier alpha value is 0.230. The Balaban J connectivity index is 1.85. The van der Waals surface area contributed by atoms with E-state index in [0.29, 0.717) is 17.3 Å². The van der Waals surface area contributed by atoms with Gasteiger partial charge in [-0.05, 0) is 39.0 Å². The molecule has 4 heteroatoms. The van der Waals surface area contributed by atoms with Crippen molar-refractivity contribution < 1.29 is 5.11 Å². The van der Waals surface area contributed by atoms with Crippen molar-refractivity contribution in [2.75, 3.05) is 26.0 Å². The summed E-state index contributed by atoms with van der Waals surface area (Å²) >= 11 is 1.76. The second-order valence-electron chi connectivity index (χ2n) is 5.05. The van der Waals surface area contributed by atoms with E-state index in [2.05, 4.69) is 23.4 Å². The third-order valence-corrected chi connectivity index (χ3v) is 5.29. The lowest BCUT2D eigenvalue weighted by molar-refractivity contribution is 0.256. The van der Waals surface area contributed by atoms with Crippen molar-refractivity contribution in [3.63, 3.8) is 0 Å². The van der Waals surface area contributed by atoms with Crippen molar-refractivity contribution in [1.82, 2.24) is 10.2 Å². The van der Waals surface area contributed by atoms with Crippen LogP contribution in [-0.2, 0) is 0 Å². The number of aliphatic hydroxyl groups excluding tert-OH is 1. The number of hydrogen-bond acceptors (Lipinski definition) is 4. The highest BCUT2D eigenvalue weighted by molar-refractivity contribution is 7.99. The van der Waals surface area contributed by atoms with E-state index in [1.807, 2.05) is 0 Å². The predicted molar refractivity (Wildman–Crippen MR) is 70.0 cm³/mol. The molecule has 0 aliphatic carbocycles. The minimum absolute atomic E-state index is 0.274. The Labute approximate surface area is 103 Å². The summed E-state index contributed by atoms with van der Waals surface area (Å²) in [7, 11) is 0. The summed E-state index contributed by atoms with van der Waals surface area (Å²) in [5, 5.41) is 13.3. The zero-order chi connectivity index (χ0) is 11.5. The van der Waals surface area contributed by atoms with Gasteiger partial charge in [-0.15, -0.1) is 0 Å². The second kappa shape index (κ2) is 5.71. The number of aliphatic hydroxyl groups is 1. The lowest BCUT2D eigenvalue weighted by Gasteiger charge is -2.28. The van der Waals surface area contributed by atoms with Crippen molar-refractivity contribution in [3.8, 4) is 0 Å². The standard InChI is InChI=1S/C12H24N2OS/c1-9(12(8-15)16-2)13-10-5-7-14-6-3-4-11(10)14/h9-13,15H,3-8H2,1-2H3. The molecule has 2 heterocycles. The molecule has 2 fully saturated rings. The molecular formula is C12H24N2OS. The lowest BCUT2D eigenvalue weighted by atomic mass is 10.0. The zero-order valence-electron chi connectivity index (χ0n) is 10.4. The SMILES string of the molecule is CSC(CO)C(C)NC1CCN2CCCC12. The summed E-state index contributed by atoms with van der Waals surface area (Å²) < 4.78 is 0. The number of nitrogens with zero attached hydrogens (tertiary/aromatic N) is 1. The van der Waals surface area contributed by atoms with Gasteiger partial charge in [-0.3, -0.25) is 4.90 Å². The highest BCUT2D eigenvalue weighted by atomic mass is 32.2. The zero-order valence-corrected chi connectivity index (χ0v) is 11.2. The Kier molecular flexibility index (Phi) is 4.53. The Morgan fingerprint density at radius 2 is 2.25 bits per heavy atom. The fourth-order valence-corrected chi connectivity index (χ4v) is 3.79. The molecule has 0 aromatic heterocycles. The van der Waals surface area contributed by atoms with Crippen LogP contribution in [0.2, 0.25) is 0 Å². The number of thioether (sulfide) groups is 1. The molecule has 0 aromatic rings. The summed E-state index contributed by atoms with van der Waals surface area (Å²) in [6.45, 7) is 5.03. The molecule has 3 nitrogen and oxygen atoms in total. The van der Waals surface area contributed by atoms with Crippen molar-refractivity contribution in [3.05, 3.63) is 0 Å². The van der Waals surface area contributed by atoms with Crippen LogP contribution in [0.15, 0.2) is 0 Å². The molecule has 2 N–H and O–H groups in total. The molecule has 0 aromatic carbocycles. The fraction of sp³-hybridized carbons (Fsp3) is 1.00. The van der Waals surface area contributed by atoms with Crippen LogP contribution in [0.3, 0.4) is 0 Å². The first-order valence-corrected chi connectivity index (χ1v) is 7.68. The van der Waals surface area contributed by atoms with Crippen LogP contribution in [0.5, 0.6) is 0 Å². The number of hydrogen-bond donors (Lipinski definition) is 2. The van der Waals surface area contributed by atoms with Gasteiger partial charge in [-0.1, -0.05) is 0 Å². The molecule has 0 bridgehead atoms. The van der Waals surface area contributed by atoms with Crippen LogP contribution in [0.1, 0.15) is 26.2 Å². The van der Waals surface area contributed by atoms with Crippen LogP contribution < -0.4 is 5.32 Å². The van der Waals surface area contributed by atoms with Crippen LogP contribution in [0.4, 0.5) is 0 Å². The van der Waals surface area contributed by atoms with Gasteiger partial charge in [-0.2, -0.15) is 11.8 Å². The quantitative estimate of drug-likeness (QED) is 0.754. The maximum atomic E-state index is 9.29. The van der Waals surface area contributed by atoms with E-state index < -0.39 is 0 Å². The third-order valence-electron chi connectivity index (χ3n) is 4.12. The van der Waals surface area contributed by atoms with Gasteiger partial charge < -0.3 is 10.4 Å². The van der Waals surface area contributed by atoms with E-state index in [9.17, 15) is 5.11 Å². The Bertz CT molecular complexity index is 223. The largest absolute Gasteiger partial charge is 0.395 e. The topological polar surface area (TPSA) is 35.5 Å². The van der Waals surface area contributed by atoms with Gasteiger partial charge >= 0.3 is 0 Å². The fourth-order valence-electron chi connectivity index (χ4n) is 3.16. The average Bonchev–Trinajstić information content (AvgIpc) is 2.85. The van der Waals surface area contributed by atoms with Crippen molar-refractivity contribution in [1.29, 1.82) is 0 Å². The molecule has 4 unspecified atom stereocenters. The molecule has 2 aliphatic rings. The van der Waals surface area contributed by atoms with Gasteiger partial charge in [0.1, 0.15) is 0 Å². The van der Waals surface area contributed by atoms with Gasteiger partial charge in [0.25, 0.3) is 0 Å². The third kappa shape index (κ3) is 2.55. The van der Waals surface area contributed by atoms with E-state index in [4.69, 9.17) is 0 Å². The molecule has 16 heavy (non-hydrogen) atoms. The first kappa shape index (κ1) is 12.7. The van der Waals surface area contributed by atoms with E-state index in [0.717, 1.165) is 6.04 Å². The van der Waals surface area contributed by atoms with Gasteiger partial charge in [0.2, 0.25) is 0 Å². The van der Waals surface area contributed by atoms with Crippen LogP contribution in [0.25, 0.3) is 0 Å². The van der Waals surface area contributed by atoms with Crippen LogP contribution in [-0.4, -0.2) is 59.3 Å². The molecule has 2 rings (SSSR count). The van der Waals surface area contributed by atoms with E-state index in [-0.39, 0.29) is 6.61 Å². The van der Waals surface area contributed by atoms with Crippen molar-refractivity contribution in [2.45, 2.75) is 49.6 Å². The summed E-state index contributed by atoms with van der Waals surface area (Å²) in [4.78, 5) is 2.62. The second-order valence-corrected chi connectivity index (χ2v) is 6.13. The maximum absolute atomic E-state index is 9.29. The summed E-state index contributed by atoms with van der Waals surface area (Å²) in [5.74, 6) is 0. The average molecular weight is 244 g/mol. The molecule has 2 saturated heterocycles. The van der Waals surface area contributed by atoms with Gasteiger partial charge in [0.05, 0.1) is 6.61 Å². The highest BCUT2D eigenvalue weighted by Crippen LogP contribution is 2.28. The molecule has 94 valence electrons. The van der Waals surface area contributed by atoms with E-state index >= 15 is 0 Å². The molecule has 0 radical (unpaired) electrons. The van der Waals surface area contributed by atoms with Crippen LogP contribution in [0, 0.1) is 0 Å². The monoisotopic (exact) mass is 244 g/mol.